The zero-order valence-corrected chi connectivity index (χ0v) is 8.42. The molecule has 1 fully saturated rings. The summed E-state index contributed by atoms with van der Waals surface area (Å²) in [6.07, 6.45) is 4.11. The molecule has 1 aliphatic rings. The number of hydrogen-bond acceptors (Lipinski definition) is 2. The van der Waals surface area contributed by atoms with Gasteiger partial charge < -0.3 is 10.6 Å². The molecule has 0 aliphatic heterocycles. The fraction of sp³-hybridized carbons (Fsp3) is 1.00. The molecule has 1 aliphatic carbocycles. The molecule has 1 rings (SSSR count). The summed E-state index contributed by atoms with van der Waals surface area (Å²) in [7, 11) is 0. The molecule has 0 radical (unpaired) electrons. The minimum Gasteiger partial charge on any atom is -0.330 e. The van der Waals surface area contributed by atoms with E-state index >= 15 is 0 Å². The molecule has 2 N–H and O–H groups in total. The normalized spacial score (nSPS) is 20.0. The van der Waals surface area contributed by atoms with Crippen molar-refractivity contribution in [3.05, 3.63) is 0 Å². The van der Waals surface area contributed by atoms with Crippen molar-refractivity contribution in [3.8, 4) is 0 Å². The van der Waals surface area contributed by atoms with Crippen LogP contribution in [0.5, 0.6) is 0 Å². The molecule has 0 spiro atoms. The quantitative estimate of drug-likeness (QED) is 0.654. The Kier molecular flexibility index (Phi) is 4.02. The van der Waals surface area contributed by atoms with E-state index in [9.17, 15) is 0 Å². The largest absolute Gasteiger partial charge is 0.330 e. The molecule has 0 aromatic carbocycles. The van der Waals surface area contributed by atoms with Gasteiger partial charge in [-0.15, -0.1) is 0 Å². The first-order valence-electron chi connectivity index (χ1n) is 5.22. The third kappa shape index (κ3) is 3.11. The van der Waals surface area contributed by atoms with Crippen LogP contribution in [0, 0.1) is 5.92 Å². The number of nitrogens with zero attached hydrogens (tertiary/aromatic N) is 1. The van der Waals surface area contributed by atoms with Gasteiger partial charge in [-0.05, 0) is 44.8 Å². The molecule has 0 aromatic heterocycles. The van der Waals surface area contributed by atoms with E-state index in [2.05, 4.69) is 18.7 Å². The summed E-state index contributed by atoms with van der Waals surface area (Å²) in [5, 5.41) is 0. The standard InChI is InChI=1S/C10H22N2/c1-3-12(10-4-5-10)7-6-9(2)8-11/h9-10H,3-8,11H2,1-2H3. The van der Waals surface area contributed by atoms with Gasteiger partial charge in [0.15, 0.2) is 0 Å². The van der Waals surface area contributed by atoms with Gasteiger partial charge in [-0.2, -0.15) is 0 Å². The Morgan fingerprint density at radius 1 is 1.50 bits per heavy atom. The highest BCUT2D eigenvalue weighted by atomic mass is 15.2. The Balaban J connectivity index is 2.10. The van der Waals surface area contributed by atoms with Crippen LogP contribution in [0.4, 0.5) is 0 Å². The zero-order chi connectivity index (χ0) is 8.97. The zero-order valence-electron chi connectivity index (χ0n) is 8.42. The van der Waals surface area contributed by atoms with Crippen LogP contribution in [0.2, 0.25) is 0 Å². The fourth-order valence-corrected chi connectivity index (χ4v) is 1.54. The molecule has 0 amide bonds. The monoisotopic (exact) mass is 170 g/mol. The molecule has 0 heterocycles. The van der Waals surface area contributed by atoms with Crippen molar-refractivity contribution in [3.63, 3.8) is 0 Å². The molecular weight excluding hydrogens is 148 g/mol. The second-order valence-corrected chi connectivity index (χ2v) is 3.99. The van der Waals surface area contributed by atoms with E-state index in [-0.39, 0.29) is 0 Å². The van der Waals surface area contributed by atoms with Crippen LogP contribution in [-0.4, -0.2) is 30.6 Å². The third-order valence-corrected chi connectivity index (χ3v) is 2.78. The minimum absolute atomic E-state index is 0.692. The molecule has 0 aromatic rings. The third-order valence-electron chi connectivity index (χ3n) is 2.78. The first kappa shape index (κ1) is 10.0. The smallest absolute Gasteiger partial charge is 0.00963 e. The van der Waals surface area contributed by atoms with Crippen molar-refractivity contribution >= 4 is 0 Å². The Hall–Kier alpha value is -0.0800. The number of rotatable bonds is 6. The van der Waals surface area contributed by atoms with Crippen LogP contribution in [0.25, 0.3) is 0 Å². The summed E-state index contributed by atoms with van der Waals surface area (Å²) in [5.74, 6) is 0.692. The SMILES string of the molecule is CCN(CCC(C)CN)C1CC1. The Labute approximate surface area is 76.1 Å². The van der Waals surface area contributed by atoms with Crippen LogP contribution < -0.4 is 5.73 Å². The summed E-state index contributed by atoms with van der Waals surface area (Å²) in [6, 6.07) is 0.917. The van der Waals surface area contributed by atoms with Crippen molar-refractivity contribution < 1.29 is 0 Å². The van der Waals surface area contributed by atoms with E-state index in [1.165, 1.54) is 32.4 Å². The number of nitrogens with two attached hydrogens (primary N) is 1. The maximum atomic E-state index is 5.57. The molecule has 0 saturated heterocycles. The minimum atomic E-state index is 0.692. The number of hydrogen-bond donors (Lipinski definition) is 1. The van der Waals surface area contributed by atoms with E-state index in [1.807, 2.05) is 0 Å². The molecule has 2 nitrogen and oxygen atoms in total. The molecule has 1 saturated carbocycles. The summed E-state index contributed by atoms with van der Waals surface area (Å²) in [5.41, 5.74) is 5.57. The second kappa shape index (κ2) is 4.83. The van der Waals surface area contributed by atoms with E-state index in [0.29, 0.717) is 5.92 Å². The Morgan fingerprint density at radius 2 is 2.17 bits per heavy atom. The Bertz CT molecular complexity index is 121. The maximum absolute atomic E-state index is 5.57. The lowest BCUT2D eigenvalue weighted by molar-refractivity contribution is 0.258. The van der Waals surface area contributed by atoms with Gasteiger partial charge in [0.05, 0.1) is 0 Å². The van der Waals surface area contributed by atoms with Gasteiger partial charge in [0, 0.05) is 6.04 Å². The predicted octanol–water partition coefficient (Wildman–Crippen LogP) is 1.46. The average molecular weight is 170 g/mol. The summed E-state index contributed by atoms with van der Waals surface area (Å²) in [6.45, 7) is 7.79. The Morgan fingerprint density at radius 3 is 2.58 bits per heavy atom. The van der Waals surface area contributed by atoms with Crippen LogP contribution in [0.15, 0.2) is 0 Å². The molecule has 2 heteroatoms. The molecule has 1 atom stereocenters. The van der Waals surface area contributed by atoms with E-state index in [0.717, 1.165) is 12.6 Å². The molecule has 72 valence electrons. The highest BCUT2D eigenvalue weighted by molar-refractivity contribution is 4.83. The van der Waals surface area contributed by atoms with Crippen LogP contribution in [0.3, 0.4) is 0 Å². The lowest BCUT2D eigenvalue weighted by Crippen LogP contribution is -2.29. The van der Waals surface area contributed by atoms with Crippen LogP contribution >= 0.6 is 0 Å². The first-order chi connectivity index (χ1) is 5.77. The maximum Gasteiger partial charge on any atom is 0.00963 e. The van der Waals surface area contributed by atoms with Gasteiger partial charge in [0.1, 0.15) is 0 Å². The van der Waals surface area contributed by atoms with Crippen molar-refractivity contribution in [1.82, 2.24) is 4.90 Å². The van der Waals surface area contributed by atoms with Crippen molar-refractivity contribution in [2.45, 2.75) is 39.2 Å². The lowest BCUT2D eigenvalue weighted by atomic mass is 10.1. The summed E-state index contributed by atoms with van der Waals surface area (Å²) >= 11 is 0. The van der Waals surface area contributed by atoms with Crippen LogP contribution in [-0.2, 0) is 0 Å². The average Bonchev–Trinajstić information content (AvgIpc) is 2.89. The topological polar surface area (TPSA) is 29.3 Å². The highest BCUT2D eigenvalue weighted by Gasteiger charge is 2.27. The van der Waals surface area contributed by atoms with Crippen molar-refractivity contribution in [2.75, 3.05) is 19.6 Å². The van der Waals surface area contributed by atoms with E-state index in [1.54, 1.807) is 0 Å². The van der Waals surface area contributed by atoms with E-state index < -0.39 is 0 Å². The predicted molar refractivity (Wildman–Crippen MR) is 53.1 cm³/mol. The molecule has 0 bridgehead atoms. The van der Waals surface area contributed by atoms with Gasteiger partial charge in [-0.1, -0.05) is 13.8 Å². The summed E-state index contributed by atoms with van der Waals surface area (Å²) < 4.78 is 0. The van der Waals surface area contributed by atoms with Gasteiger partial charge in [-0.25, -0.2) is 0 Å². The van der Waals surface area contributed by atoms with Crippen LogP contribution in [0.1, 0.15) is 33.1 Å². The van der Waals surface area contributed by atoms with Gasteiger partial charge in [0.2, 0.25) is 0 Å². The van der Waals surface area contributed by atoms with Gasteiger partial charge in [0.25, 0.3) is 0 Å². The molecule has 12 heavy (non-hydrogen) atoms. The van der Waals surface area contributed by atoms with Crippen molar-refractivity contribution in [2.24, 2.45) is 11.7 Å². The fourth-order valence-electron chi connectivity index (χ4n) is 1.54. The lowest BCUT2D eigenvalue weighted by Gasteiger charge is -2.21. The van der Waals surface area contributed by atoms with Crippen molar-refractivity contribution in [1.29, 1.82) is 0 Å². The summed E-state index contributed by atoms with van der Waals surface area (Å²) in [4.78, 5) is 2.59. The highest BCUT2D eigenvalue weighted by Crippen LogP contribution is 2.26. The van der Waals surface area contributed by atoms with Gasteiger partial charge >= 0.3 is 0 Å². The first-order valence-corrected chi connectivity index (χ1v) is 5.22. The molecular formula is C10H22N2. The van der Waals surface area contributed by atoms with E-state index in [4.69, 9.17) is 5.73 Å². The van der Waals surface area contributed by atoms with Gasteiger partial charge in [-0.3, -0.25) is 0 Å². The second-order valence-electron chi connectivity index (χ2n) is 3.99. The molecule has 1 unspecified atom stereocenters.